The molecule has 38 heavy (non-hydrogen) atoms. The summed E-state index contributed by atoms with van der Waals surface area (Å²) in [6.45, 7) is 1.20. The Balaban J connectivity index is 1.26. The number of nitrogens with zero attached hydrogens (tertiary/aromatic N) is 7. The average Bonchev–Trinajstić information content (AvgIpc) is 3.65. The molecule has 0 aromatic carbocycles. The molecule has 1 aliphatic rings. The second kappa shape index (κ2) is 14.0. The first-order valence-electron chi connectivity index (χ1n) is 11.5. The zero-order chi connectivity index (χ0) is 26.9. The van der Waals surface area contributed by atoms with Crippen molar-refractivity contribution in [2.45, 2.75) is 38.3 Å². The average molecular weight is 584 g/mol. The van der Waals surface area contributed by atoms with Crippen molar-refractivity contribution < 1.29 is 27.9 Å². The number of nitrogens with one attached hydrogen (secondary N) is 1. The van der Waals surface area contributed by atoms with Gasteiger partial charge < -0.3 is 34.1 Å². The van der Waals surface area contributed by atoms with Gasteiger partial charge in [-0.05, 0) is 12.8 Å². The highest BCUT2D eigenvalue weighted by Gasteiger charge is 2.30. The van der Waals surface area contributed by atoms with Crippen molar-refractivity contribution in [1.82, 2.24) is 29.1 Å². The van der Waals surface area contributed by atoms with Crippen LogP contribution < -0.4 is 11.1 Å². The van der Waals surface area contributed by atoms with E-state index in [0.717, 1.165) is 6.42 Å². The molecule has 4 heterocycles. The van der Waals surface area contributed by atoms with Gasteiger partial charge in [0.05, 0.1) is 31.8 Å². The van der Waals surface area contributed by atoms with Crippen molar-refractivity contribution in [1.29, 1.82) is 0 Å². The van der Waals surface area contributed by atoms with E-state index in [1.165, 1.54) is 19.7 Å². The number of ether oxygens (including phenoxy) is 2. The number of rotatable bonds is 14. The largest absolute Gasteiger partial charge is 0.370 e. The summed E-state index contributed by atoms with van der Waals surface area (Å²) < 4.78 is 37.3. The van der Waals surface area contributed by atoms with Crippen molar-refractivity contribution in [3.63, 3.8) is 0 Å². The van der Waals surface area contributed by atoms with E-state index in [4.69, 9.17) is 24.3 Å². The summed E-state index contributed by atoms with van der Waals surface area (Å²) in [5.74, 6) is 1.20. The van der Waals surface area contributed by atoms with E-state index in [-0.39, 0.29) is 52.0 Å². The van der Waals surface area contributed by atoms with Gasteiger partial charge in [-0.15, -0.1) is 0 Å². The molecule has 0 spiro atoms. The van der Waals surface area contributed by atoms with Crippen molar-refractivity contribution >= 4 is 57.5 Å². The van der Waals surface area contributed by atoms with Gasteiger partial charge in [0.15, 0.2) is 26.4 Å². The summed E-state index contributed by atoms with van der Waals surface area (Å²) in [6.07, 6.45) is 6.20. The minimum Gasteiger partial charge on any atom is -0.370 e. The molecule has 3 aromatic heterocycles. The highest BCUT2D eigenvalue weighted by atomic mass is 32.7. The minimum atomic E-state index is -1.47. The fraction of sp³-hybridized carbons (Fsp3) is 0.500. The Morgan fingerprint density at radius 1 is 1.42 bits per heavy atom. The lowest BCUT2D eigenvalue weighted by Gasteiger charge is -2.19. The number of fused-ring (bicyclic) bond motifs is 1. The van der Waals surface area contributed by atoms with E-state index in [1.54, 1.807) is 10.8 Å². The molecule has 0 saturated carbocycles. The third-order valence-electron chi connectivity index (χ3n) is 5.57. The zero-order valence-electron chi connectivity index (χ0n) is 20.4. The molecule has 15 nitrogen and oxygen atoms in total. The molecular formula is C20H27N9O6P2S. The molecule has 3 aromatic rings. The second-order valence-electron chi connectivity index (χ2n) is 7.91. The number of aliphatic imine (C=N–C) groups is 1. The van der Waals surface area contributed by atoms with Crippen LogP contribution in [0.2, 0.25) is 0 Å². The summed E-state index contributed by atoms with van der Waals surface area (Å²) in [7, 11) is -0.0273. The van der Waals surface area contributed by atoms with Crippen LogP contribution in [-0.2, 0) is 36.2 Å². The van der Waals surface area contributed by atoms with Crippen LogP contribution in [-0.4, -0.2) is 74.0 Å². The summed E-state index contributed by atoms with van der Waals surface area (Å²) in [6, 6.07) is 0. The Hall–Kier alpha value is -2.58. The van der Waals surface area contributed by atoms with Gasteiger partial charge in [-0.1, -0.05) is 12.2 Å². The Bertz CT molecular complexity index is 1280. The molecule has 1 aliphatic heterocycles. The molecular weight excluding hydrogens is 556 g/mol. The lowest BCUT2D eigenvalue weighted by atomic mass is 10.2. The fourth-order valence-corrected chi connectivity index (χ4v) is 5.05. The van der Waals surface area contributed by atoms with Crippen LogP contribution in [0.1, 0.15) is 35.4 Å². The number of hydrogen-bond acceptors (Lipinski definition) is 12. The molecule has 0 aliphatic carbocycles. The maximum Gasteiger partial charge on any atom is 0.234 e. The van der Waals surface area contributed by atoms with Gasteiger partial charge in [0, 0.05) is 13.6 Å². The molecule has 0 bridgehead atoms. The second-order valence-corrected chi connectivity index (χ2v) is 10.4. The normalized spacial score (nSPS) is 18.8. The summed E-state index contributed by atoms with van der Waals surface area (Å²) in [4.78, 5) is 32.1. The Morgan fingerprint density at radius 3 is 3.08 bits per heavy atom. The van der Waals surface area contributed by atoms with Crippen LogP contribution in [0.15, 0.2) is 23.8 Å². The van der Waals surface area contributed by atoms with Gasteiger partial charge >= 0.3 is 0 Å². The molecule has 3 atom stereocenters. The maximum absolute atomic E-state index is 11.4. The molecule has 1 saturated heterocycles. The zero-order valence-corrected chi connectivity index (χ0v) is 23.1. The van der Waals surface area contributed by atoms with E-state index in [2.05, 4.69) is 42.5 Å². The van der Waals surface area contributed by atoms with Gasteiger partial charge in [0.2, 0.25) is 7.58 Å². The number of aromatic nitrogens is 6. The number of thiol groups is 1. The fourth-order valence-electron chi connectivity index (χ4n) is 3.84. The third-order valence-corrected chi connectivity index (χ3v) is 7.32. The number of hydrogen-bond donors (Lipinski definition) is 3. The molecule has 18 heteroatoms. The summed E-state index contributed by atoms with van der Waals surface area (Å²) in [5, 5.41) is 2.89. The standard InChI is InChI=1S/C20H27N9O6P2S/c1-22-20(21)27-19-15(7-30)25-11-29(19)17-3-2-13(35-17)8-34-37(38)33-5-4-28-16(9-32-12-36-31)26-14-6-23-10-24-18(14)28/h6-7,10-11,13,17,38H,2-5,8-9,12H2,1H3,(H3,21,22,27). The monoisotopic (exact) mass is 583 g/mol. The third kappa shape index (κ3) is 7.08. The van der Waals surface area contributed by atoms with Crippen molar-refractivity contribution in [2.75, 3.05) is 31.9 Å². The first-order chi connectivity index (χ1) is 18.5. The highest BCUT2D eigenvalue weighted by Crippen LogP contribution is 2.44. The number of aldehydes is 1. The predicted octanol–water partition coefficient (Wildman–Crippen LogP) is 2.53. The van der Waals surface area contributed by atoms with Crippen molar-refractivity contribution in [3.05, 3.63) is 30.4 Å². The highest BCUT2D eigenvalue weighted by molar-refractivity contribution is 8.41. The molecule has 3 N–H and O–H groups in total. The van der Waals surface area contributed by atoms with Gasteiger partial charge in [0.1, 0.15) is 48.4 Å². The molecule has 204 valence electrons. The molecule has 0 radical (unpaired) electrons. The van der Waals surface area contributed by atoms with Crippen LogP contribution in [0, 0.1) is 0 Å². The summed E-state index contributed by atoms with van der Waals surface area (Å²) in [5.41, 5.74) is 7.26. The van der Waals surface area contributed by atoms with Crippen LogP contribution in [0.4, 0.5) is 5.82 Å². The Labute approximate surface area is 225 Å². The van der Waals surface area contributed by atoms with Crippen LogP contribution in [0.5, 0.6) is 0 Å². The maximum atomic E-state index is 11.4. The van der Waals surface area contributed by atoms with E-state index >= 15 is 0 Å². The smallest absolute Gasteiger partial charge is 0.234 e. The van der Waals surface area contributed by atoms with Crippen LogP contribution in [0.3, 0.4) is 0 Å². The Morgan fingerprint density at radius 2 is 2.29 bits per heavy atom. The van der Waals surface area contributed by atoms with E-state index in [9.17, 15) is 9.36 Å². The van der Waals surface area contributed by atoms with Gasteiger partial charge in [-0.25, -0.2) is 19.9 Å². The van der Waals surface area contributed by atoms with Crippen molar-refractivity contribution in [2.24, 2.45) is 10.7 Å². The van der Waals surface area contributed by atoms with Crippen molar-refractivity contribution in [3.8, 4) is 0 Å². The van der Waals surface area contributed by atoms with Crippen LogP contribution in [0.25, 0.3) is 11.2 Å². The van der Waals surface area contributed by atoms with Crippen LogP contribution >= 0.6 is 28.3 Å². The van der Waals surface area contributed by atoms with Gasteiger partial charge in [-0.2, -0.15) is 0 Å². The molecule has 1 fully saturated rings. The minimum absolute atomic E-state index is 0.0727. The number of imidazole rings is 2. The van der Waals surface area contributed by atoms with Gasteiger partial charge in [0.25, 0.3) is 0 Å². The number of carbonyl (C=O) groups excluding carboxylic acids is 1. The lowest BCUT2D eigenvalue weighted by molar-refractivity contribution is -0.0164. The Kier molecular flexibility index (Phi) is 10.5. The molecule has 0 amide bonds. The SMILES string of the molecule is CN=C(N)Nc1c(C=O)ncn1C1CCC(COP(S)OCCn2c(COCP=O)nc3cncnc32)O1. The predicted molar refractivity (Wildman–Crippen MR) is 142 cm³/mol. The van der Waals surface area contributed by atoms with E-state index in [1.807, 2.05) is 4.57 Å². The number of nitrogens with two attached hydrogens (primary N) is 1. The number of anilines is 1. The lowest BCUT2D eigenvalue weighted by Crippen LogP contribution is -2.25. The topological polar surface area (TPSA) is 183 Å². The number of carbonyl (C=O) groups is 1. The number of guanidine groups is 1. The summed E-state index contributed by atoms with van der Waals surface area (Å²) >= 11 is 4.44. The van der Waals surface area contributed by atoms with E-state index in [0.29, 0.717) is 48.7 Å². The van der Waals surface area contributed by atoms with E-state index < -0.39 is 7.58 Å². The first-order valence-corrected chi connectivity index (χ1v) is 14.8. The molecule has 3 unspecified atom stereocenters. The molecule has 4 rings (SSSR count). The van der Waals surface area contributed by atoms with Gasteiger partial charge in [-0.3, -0.25) is 18.9 Å². The quantitative estimate of drug-likeness (QED) is 0.0631. The first kappa shape index (κ1) is 28.4.